The number of nitrogens with one attached hydrogen (secondary N) is 2. The van der Waals surface area contributed by atoms with E-state index in [1.54, 1.807) is 80.5 Å². The molecule has 22 nitrogen and oxygen atoms in total. The summed E-state index contributed by atoms with van der Waals surface area (Å²) >= 11 is 0. The van der Waals surface area contributed by atoms with E-state index in [0.29, 0.717) is 0 Å². The standard InChI is InChI=1S/C56H73N3O19/c1-13-42-73-36-26-37-55(28-70-37,77-32(6)61)46-48(76-49(66)33-17-15-14-16-18-33)56(69)27-35(30(4)43(53(56,10)11)45(71-31(5)60)47(75-42)54(36,46)12)72-50(67)44(34(25-29(2)3)58-51(68)78-52(7,8)9)74-41(65)22-19-38(62)57-23-24-59-39(63)20-21-40(59)64/h13-18,20-21,29,34-37,42,44-48,69H,1,19,22-28H2,2-12H3,(H,57,62)(H,58,68)/t34-,35-,36-,37+,42?,44+,45-,46-,47-,48-,54+,55-,56+/m0/s1. The van der Waals surface area contributed by atoms with E-state index in [2.05, 4.69) is 17.2 Å². The number of alkyl carbamates (subject to hydrolysis) is 1. The van der Waals surface area contributed by atoms with Crippen LogP contribution in [0.4, 0.5) is 4.79 Å². The fourth-order valence-corrected chi connectivity index (χ4v) is 12.3. The van der Waals surface area contributed by atoms with Gasteiger partial charge in [0.1, 0.15) is 35.6 Å². The van der Waals surface area contributed by atoms with Crippen molar-refractivity contribution in [2.75, 3.05) is 19.7 Å². The summed E-state index contributed by atoms with van der Waals surface area (Å²) in [7, 11) is 0. The average Bonchev–Trinajstić information content (AvgIpc) is 3.13. The third-order valence-electron chi connectivity index (χ3n) is 15.8. The highest BCUT2D eigenvalue weighted by Gasteiger charge is 2.80. The summed E-state index contributed by atoms with van der Waals surface area (Å²) in [5, 5.41) is 19.4. The molecule has 3 heterocycles. The maximum absolute atomic E-state index is 15.3. The number of benzene rings is 1. The maximum Gasteiger partial charge on any atom is 0.408 e. The lowest BCUT2D eigenvalue weighted by molar-refractivity contribution is -0.405. The van der Waals surface area contributed by atoms with Crippen LogP contribution in [0.5, 0.6) is 0 Å². The van der Waals surface area contributed by atoms with Crippen molar-refractivity contribution in [3.8, 4) is 0 Å². The van der Waals surface area contributed by atoms with E-state index in [-0.39, 0.29) is 55.2 Å². The summed E-state index contributed by atoms with van der Waals surface area (Å²) in [4.78, 5) is 122. The summed E-state index contributed by atoms with van der Waals surface area (Å²) in [6, 6.07) is 6.69. The number of carbonyl (C=O) groups is 9. The number of imide groups is 1. The van der Waals surface area contributed by atoms with Gasteiger partial charge in [0.15, 0.2) is 18.0 Å². The van der Waals surface area contributed by atoms with Crippen molar-refractivity contribution in [1.29, 1.82) is 0 Å². The van der Waals surface area contributed by atoms with Gasteiger partial charge in [0.05, 0.1) is 36.7 Å². The fraction of sp³-hybridized carbons (Fsp3) is 0.625. The number of nitrogens with zero attached hydrogens (tertiary/aromatic N) is 1. The molecular weight excluding hydrogens is 1020 g/mol. The van der Waals surface area contributed by atoms with E-state index in [1.165, 1.54) is 32.1 Å². The topological polar surface area (TPSA) is 284 Å². The summed E-state index contributed by atoms with van der Waals surface area (Å²) in [6.45, 7) is 21.1. The van der Waals surface area contributed by atoms with Crippen LogP contribution in [-0.2, 0) is 76.2 Å². The van der Waals surface area contributed by atoms with Gasteiger partial charge in [-0.25, -0.2) is 14.4 Å². The number of amides is 4. The van der Waals surface area contributed by atoms with Crippen LogP contribution >= 0.6 is 0 Å². The van der Waals surface area contributed by atoms with Crippen LogP contribution in [0.3, 0.4) is 0 Å². The summed E-state index contributed by atoms with van der Waals surface area (Å²) in [5.41, 5.74) is -7.49. The molecule has 78 heavy (non-hydrogen) atoms. The Kier molecular flexibility index (Phi) is 17.2. The maximum atomic E-state index is 15.3. The van der Waals surface area contributed by atoms with Crippen molar-refractivity contribution >= 4 is 53.7 Å². The number of rotatable bonds is 18. The Morgan fingerprint density at radius 1 is 0.923 bits per heavy atom. The van der Waals surface area contributed by atoms with Crippen molar-refractivity contribution in [1.82, 2.24) is 15.5 Å². The smallest absolute Gasteiger partial charge is 0.408 e. The van der Waals surface area contributed by atoms with Gasteiger partial charge in [-0.05, 0) is 69.4 Å². The van der Waals surface area contributed by atoms with Crippen LogP contribution in [0.15, 0.2) is 66.3 Å². The molecule has 7 rings (SSSR count). The van der Waals surface area contributed by atoms with E-state index in [9.17, 15) is 43.5 Å². The molecule has 2 bridgehead atoms. The number of carbonyl (C=O) groups excluding carboxylic acids is 9. The predicted octanol–water partition coefficient (Wildman–Crippen LogP) is 4.24. The van der Waals surface area contributed by atoms with Gasteiger partial charge in [0.25, 0.3) is 11.8 Å². The highest BCUT2D eigenvalue weighted by atomic mass is 16.7. The van der Waals surface area contributed by atoms with E-state index in [4.69, 9.17) is 42.6 Å². The lowest BCUT2D eigenvalue weighted by Gasteiger charge is -2.71. The molecule has 1 aromatic carbocycles. The zero-order valence-corrected chi connectivity index (χ0v) is 46.1. The van der Waals surface area contributed by atoms with Crippen molar-refractivity contribution in [3.63, 3.8) is 0 Å². The zero-order valence-electron chi connectivity index (χ0n) is 46.1. The second kappa shape index (κ2) is 22.7. The van der Waals surface area contributed by atoms with Crippen molar-refractivity contribution in [3.05, 3.63) is 71.8 Å². The molecule has 0 spiro atoms. The quantitative estimate of drug-likeness (QED) is 0.0802. The molecule has 2 saturated heterocycles. The lowest BCUT2D eigenvalue weighted by atomic mass is 9.44. The van der Waals surface area contributed by atoms with Crippen molar-refractivity contribution in [2.24, 2.45) is 22.7 Å². The third-order valence-corrected chi connectivity index (χ3v) is 15.8. The Bertz CT molecular complexity index is 2610. The van der Waals surface area contributed by atoms with Gasteiger partial charge in [-0.15, -0.1) is 0 Å². The van der Waals surface area contributed by atoms with E-state index in [0.717, 1.165) is 17.1 Å². The number of aliphatic hydroxyl groups is 1. The number of hydrogen-bond donors (Lipinski definition) is 3. The van der Waals surface area contributed by atoms with Crippen LogP contribution < -0.4 is 10.6 Å². The molecule has 22 heteroatoms. The largest absolute Gasteiger partial charge is 0.455 e. The second-order valence-electron chi connectivity index (χ2n) is 23.0. The molecule has 426 valence electrons. The van der Waals surface area contributed by atoms with Gasteiger partial charge >= 0.3 is 35.9 Å². The molecule has 3 aliphatic heterocycles. The lowest BCUT2D eigenvalue weighted by Crippen LogP contribution is -2.83. The summed E-state index contributed by atoms with van der Waals surface area (Å²) < 4.78 is 56.8. The summed E-state index contributed by atoms with van der Waals surface area (Å²) in [6.07, 6.45) is -9.44. The predicted molar refractivity (Wildman–Crippen MR) is 272 cm³/mol. The third kappa shape index (κ3) is 11.6. The number of fused-ring (bicyclic) bond motifs is 4. The molecule has 1 unspecified atom stereocenters. The molecule has 0 aromatic heterocycles. The molecule has 1 aromatic rings. The van der Waals surface area contributed by atoms with Crippen LogP contribution in [-0.4, -0.2) is 155 Å². The highest BCUT2D eigenvalue weighted by molar-refractivity contribution is 6.12. The fourth-order valence-electron chi connectivity index (χ4n) is 12.3. The highest BCUT2D eigenvalue weighted by Crippen LogP contribution is 2.67. The molecule has 2 saturated carbocycles. The van der Waals surface area contributed by atoms with Crippen molar-refractivity contribution < 1.29 is 90.9 Å². The molecule has 3 aliphatic carbocycles. The molecule has 3 N–H and O–H groups in total. The Labute approximate surface area is 453 Å². The molecule has 13 atom stereocenters. The van der Waals surface area contributed by atoms with E-state index >= 15 is 4.79 Å². The molecule has 4 fully saturated rings. The molecule has 0 radical (unpaired) electrons. The van der Waals surface area contributed by atoms with E-state index in [1.807, 2.05) is 0 Å². The van der Waals surface area contributed by atoms with Crippen LogP contribution in [0.1, 0.15) is 119 Å². The first-order valence-corrected chi connectivity index (χ1v) is 26.3. The number of esters is 5. The average molecular weight is 1090 g/mol. The van der Waals surface area contributed by atoms with E-state index < -0.39 is 162 Å². The Morgan fingerprint density at radius 3 is 2.17 bits per heavy atom. The van der Waals surface area contributed by atoms with Crippen LogP contribution in [0.2, 0.25) is 0 Å². The first kappa shape index (κ1) is 59.2. The van der Waals surface area contributed by atoms with Gasteiger partial charge in [-0.2, -0.15) is 0 Å². The Balaban J connectivity index is 1.34. The number of hydrogen-bond acceptors (Lipinski definition) is 19. The van der Waals surface area contributed by atoms with Crippen molar-refractivity contribution in [2.45, 2.75) is 180 Å². The van der Waals surface area contributed by atoms with Gasteiger partial charge < -0.3 is 58.4 Å². The Hall–Kier alpha value is -6.49. The van der Waals surface area contributed by atoms with Crippen LogP contribution in [0.25, 0.3) is 0 Å². The minimum atomic E-state index is -2.36. The van der Waals surface area contributed by atoms with Gasteiger partial charge in [-0.3, -0.25) is 33.7 Å². The zero-order chi connectivity index (χ0) is 57.4. The van der Waals surface area contributed by atoms with Gasteiger partial charge in [0.2, 0.25) is 12.0 Å². The van der Waals surface area contributed by atoms with Gasteiger partial charge in [0, 0.05) is 69.2 Å². The number of ether oxygens (including phenoxy) is 9. The van der Waals surface area contributed by atoms with Gasteiger partial charge in [-0.1, -0.05) is 59.4 Å². The first-order chi connectivity index (χ1) is 36.5. The minimum Gasteiger partial charge on any atom is -0.455 e. The normalized spacial score (nSPS) is 31.4. The SMILES string of the molecule is C=CC1O[C@H]2C[C@H]3OC[C@@]3(OC(C)=O)[C@H]3[C@H](OC(=O)c4ccccc4)[C@]4(O)C[C@H](OC(=O)[C@H](OC(=O)CCC(=O)NCCN5C(=O)C=CC5=O)[C@H](CC(C)C)NC(=O)OC(C)(C)C)C(C)=C([C@H](OC(C)=O)[C@H](O1)[C@]23C)C4(C)C. The molecule has 4 amide bonds. The Morgan fingerprint density at radius 2 is 1.59 bits per heavy atom. The summed E-state index contributed by atoms with van der Waals surface area (Å²) in [5.74, 6) is -7.88. The monoisotopic (exact) mass is 1090 g/mol. The molecular formula is C56H73N3O19. The first-order valence-electron chi connectivity index (χ1n) is 26.3. The van der Waals surface area contributed by atoms with Crippen LogP contribution in [0, 0.1) is 22.7 Å². The molecule has 6 aliphatic rings. The minimum absolute atomic E-state index is 0.0117. The second-order valence-corrected chi connectivity index (χ2v) is 23.0.